The van der Waals surface area contributed by atoms with Crippen LogP contribution in [0.1, 0.15) is 24.3 Å². The summed E-state index contributed by atoms with van der Waals surface area (Å²) in [5, 5.41) is 6.37. The van der Waals surface area contributed by atoms with Crippen LogP contribution >= 0.6 is 11.3 Å². The zero-order valence-electron chi connectivity index (χ0n) is 15.2. The summed E-state index contributed by atoms with van der Waals surface area (Å²) in [6.07, 6.45) is 3.06. The summed E-state index contributed by atoms with van der Waals surface area (Å²) in [4.78, 5) is 14.5. The highest BCUT2D eigenvalue weighted by atomic mass is 32.2. The van der Waals surface area contributed by atoms with Gasteiger partial charge in [0, 0.05) is 0 Å². The number of nitrogens with one attached hydrogen (secondary N) is 2. The fourth-order valence-corrected chi connectivity index (χ4v) is 5.55. The van der Waals surface area contributed by atoms with Gasteiger partial charge in [0.15, 0.2) is 10.0 Å². The summed E-state index contributed by atoms with van der Waals surface area (Å²) >= 11 is 0.497. The summed E-state index contributed by atoms with van der Waals surface area (Å²) < 4.78 is 69.0. The number of nitrogens with zero attached hydrogens (tertiary/aromatic N) is 3. The van der Waals surface area contributed by atoms with Gasteiger partial charge in [-0.2, -0.15) is 0 Å². The van der Waals surface area contributed by atoms with E-state index >= 15 is 0 Å². The predicted octanol–water partition coefficient (Wildman–Crippen LogP) is 2.20. The van der Waals surface area contributed by atoms with E-state index in [0.29, 0.717) is 24.2 Å². The van der Waals surface area contributed by atoms with Crippen molar-refractivity contribution in [1.29, 1.82) is 0 Å². The summed E-state index contributed by atoms with van der Waals surface area (Å²) in [5.74, 6) is 2.32. The summed E-state index contributed by atoms with van der Waals surface area (Å²) in [7, 11) is -4.27. The van der Waals surface area contributed by atoms with Crippen molar-refractivity contribution >= 4 is 32.4 Å². The molecule has 8 nitrogen and oxygen atoms in total. The van der Waals surface area contributed by atoms with Crippen LogP contribution in [0.2, 0.25) is 0 Å². The van der Waals surface area contributed by atoms with Gasteiger partial charge in [0.25, 0.3) is 6.43 Å². The lowest BCUT2D eigenvalue weighted by Crippen LogP contribution is -2.38. The SMILES string of the molecule is C#CCn1c(=O)[nH]c2c(-c3nnc(C(F)F)s3)c(S(=O)(=O)NC3(CF)CC3)ccc21. The molecule has 1 aliphatic rings. The topological polar surface area (TPSA) is 110 Å². The molecule has 0 radical (unpaired) electrons. The van der Waals surface area contributed by atoms with E-state index in [1.54, 1.807) is 0 Å². The first kappa shape index (κ1) is 20.6. The van der Waals surface area contributed by atoms with Crippen LogP contribution in [0.15, 0.2) is 21.8 Å². The zero-order chi connectivity index (χ0) is 21.7. The van der Waals surface area contributed by atoms with E-state index in [9.17, 15) is 26.4 Å². The number of terminal acetylenes is 1. The fraction of sp³-hybridized carbons (Fsp3) is 0.353. The average molecular weight is 457 g/mol. The third-order valence-electron chi connectivity index (χ3n) is 4.75. The van der Waals surface area contributed by atoms with E-state index < -0.39 is 39.4 Å². The molecule has 0 bridgehead atoms. The Balaban J connectivity index is 1.98. The maximum atomic E-state index is 13.3. The maximum Gasteiger partial charge on any atom is 0.327 e. The first-order valence-corrected chi connectivity index (χ1v) is 10.9. The minimum atomic E-state index is -4.27. The Morgan fingerprint density at radius 3 is 2.67 bits per heavy atom. The average Bonchev–Trinajstić information content (AvgIpc) is 3.14. The van der Waals surface area contributed by atoms with Gasteiger partial charge in [-0.15, -0.1) is 16.6 Å². The molecule has 0 spiro atoms. The largest absolute Gasteiger partial charge is 0.327 e. The molecule has 0 saturated heterocycles. The molecular weight excluding hydrogens is 443 g/mol. The molecule has 2 heterocycles. The van der Waals surface area contributed by atoms with E-state index in [2.05, 4.69) is 25.8 Å². The highest BCUT2D eigenvalue weighted by Gasteiger charge is 2.47. The lowest BCUT2D eigenvalue weighted by Gasteiger charge is -2.16. The number of aromatic amines is 1. The molecule has 2 aromatic heterocycles. The van der Waals surface area contributed by atoms with Gasteiger partial charge in [0.2, 0.25) is 10.0 Å². The molecule has 4 rings (SSSR count). The normalized spacial score (nSPS) is 15.6. The smallest absolute Gasteiger partial charge is 0.305 e. The van der Waals surface area contributed by atoms with Crippen molar-refractivity contribution in [2.24, 2.45) is 0 Å². The van der Waals surface area contributed by atoms with Gasteiger partial charge < -0.3 is 4.98 Å². The van der Waals surface area contributed by atoms with Crippen LogP contribution in [0.5, 0.6) is 0 Å². The Morgan fingerprint density at radius 1 is 1.37 bits per heavy atom. The van der Waals surface area contributed by atoms with Gasteiger partial charge in [0.1, 0.15) is 6.67 Å². The lowest BCUT2D eigenvalue weighted by atomic mass is 10.2. The number of sulfonamides is 1. The zero-order valence-corrected chi connectivity index (χ0v) is 16.8. The van der Waals surface area contributed by atoms with Gasteiger partial charge >= 0.3 is 5.69 Å². The van der Waals surface area contributed by atoms with Crippen LogP contribution in [0.25, 0.3) is 21.6 Å². The predicted molar refractivity (Wildman–Crippen MR) is 104 cm³/mol. The van der Waals surface area contributed by atoms with E-state index in [0.717, 1.165) is 0 Å². The summed E-state index contributed by atoms with van der Waals surface area (Å²) in [6, 6.07) is 2.57. The van der Waals surface area contributed by atoms with Gasteiger partial charge in [-0.3, -0.25) is 4.57 Å². The van der Waals surface area contributed by atoms with Crippen LogP contribution in [0.3, 0.4) is 0 Å². The second kappa shape index (κ2) is 7.22. The van der Waals surface area contributed by atoms with Crippen molar-refractivity contribution in [3.8, 4) is 22.9 Å². The molecule has 1 fully saturated rings. The fourth-order valence-electron chi connectivity index (χ4n) is 3.07. The highest BCUT2D eigenvalue weighted by molar-refractivity contribution is 7.89. The first-order valence-electron chi connectivity index (χ1n) is 8.62. The van der Waals surface area contributed by atoms with Crippen LogP contribution in [0.4, 0.5) is 13.2 Å². The number of hydrogen-bond acceptors (Lipinski definition) is 6. The van der Waals surface area contributed by atoms with Gasteiger partial charge in [0.05, 0.1) is 33.6 Å². The molecule has 0 atom stereocenters. The minimum absolute atomic E-state index is 0.0557. The lowest BCUT2D eigenvalue weighted by molar-refractivity contribution is 0.150. The summed E-state index contributed by atoms with van der Waals surface area (Å²) in [6.45, 7) is -0.973. The molecule has 3 aromatic rings. The molecule has 13 heteroatoms. The van der Waals surface area contributed by atoms with Crippen molar-refractivity contribution < 1.29 is 21.6 Å². The van der Waals surface area contributed by atoms with Crippen molar-refractivity contribution in [2.45, 2.75) is 36.2 Å². The molecule has 0 aliphatic heterocycles. The molecular formula is C17H14F3N5O3S2. The number of halogens is 3. The van der Waals surface area contributed by atoms with E-state index in [1.165, 1.54) is 16.7 Å². The molecule has 158 valence electrons. The quantitative estimate of drug-likeness (QED) is 0.529. The van der Waals surface area contributed by atoms with Crippen LogP contribution in [-0.4, -0.2) is 40.4 Å². The molecule has 30 heavy (non-hydrogen) atoms. The minimum Gasteiger partial charge on any atom is -0.305 e. The summed E-state index contributed by atoms with van der Waals surface area (Å²) in [5.41, 5.74) is -1.56. The third kappa shape index (κ3) is 3.40. The van der Waals surface area contributed by atoms with Crippen molar-refractivity contribution in [1.82, 2.24) is 24.5 Å². The number of benzene rings is 1. The number of alkyl halides is 3. The van der Waals surface area contributed by atoms with Gasteiger partial charge in [-0.1, -0.05) is 17.3 Å². The Morgan fingerprint density at radius 2 is 2.10 bits per heavy atom. The number of H-pyrrole nitrogens is 1. The molecule has 0 amide bonds. The Hall–Kier alpha value is -2.69. The molecule has 0 unspecified atom stereocenters. The van der Waals surface area contributed by atoms with Crippen molar-refractivity contribution in [3.63, 3.8) is 0 Å². The van der Waals surface area contributed by atoms with E-state index in [4.69, 9.17) is 6.42 Å². The number of rotatable bonds is 7. The van der Waals surface area contributed by atoms with Crippen LogP contribution in [0, 0.1) is 12.3 Å². The van der Waals surface area contributed by atoms with E-state index in [1.807, 2.05) is 0 Å². The van der Waals surface area contributed by atoms with Gasteiger partial charge in [-0.25, -0.2) is 31.1 Å². The second-order valence-electron chi connectivity index (χ2n) is 6.82. The molecule has 1 saturated carbocycles. The standard InChI is InChI=1S/C17H14F3N5O3S2/c1-2-7-25-9-3-4-10(30(27,28)24-17(8-18)5-6-17)11(12(9)21-16(25)26)14-22-23-15(29-14)13(19)20/h1,3-4,13,24H,5-8H2,(H,21,26). The number of imidazole rings is 1. The molecule has 2 N–H and O–H groups in total. The van der Waals surface area contributed by atoms with Crippen molar-refractivity contribution in [2.75, 3.05) is 6.67 Å². The first-order chi connectivity index (χ1) is 14.2. The van der Waals surface area contributed by atoms with E-state index in [-0.39, 0.29) is 33.0 Å². The Labute approximate surface area is 172 Å². The van der Waals surface area contributed by atoms with Crippen molar-refractivity contribution in [3.05, 3.63) is 27.6 Å². The maximum absolute atomic E-state index is 13.3. The second-order valence-corrected chi connectivity index (χ2v) is 9.48. The van der Waals surface area contributed by atoms with Crippen LogP contribution < -0.4 is 10.4 Å². The Bertz CT molecular complexity index is 1330. The number of hydrogen-bond donors (Lipinski definition) is 2. The monoisotopic (exact) mass is 457 g/mol. The molecule has 1 aromatic carbocycles. The van der Waals surface area contributed by atoms with Gasteiger partial charge in [-0.05, 0) is 25.0 Å². The Kier molecular flexibility index (Phi) is 4.95. The van der Waals surface area contributed by atoms with Crippen LogP contribution in [-0.2, 0) is 16.6 Å². The third-order valence-corrected chi connectivity index (χ3v) is 7.32. The number of fused-ring (bicyclic) bond motifs is 1. The number of aromatic nitrogens is 4. The molecule has 1 aliphatic carbocycles. The highest BCUT2D eigenvalue weighted by Crippen LogP contribution is 2.40.